The van der Waals surface area contributed by atoms with E-state index < -0.39 is 6.04 Å². The molecule has 17 heavy (non-hydrogen) atoms. The minimum absolute atomic E-state index is 0.168. The van der Waals surface area contributed by atoms with Gasteiger partial charge in [-0.2, -0.15) is 0 Å². The maximum atomic E-state index is 11.7. The second-order valence-electron chi connectivity index (χ2n) is 3.91. The van der Waals surface area contributed by atoms with Crippen LogP contribution in [0.1, 0.15) is 25.5 Å². The molecule has 5 heteroatoms. The van der Waals surface area contributed by atoms with Crippen molar-refractivity contribution in [1.29, 1.82) is 0 Å². The Hall–Kier alpha value is -1.62. The molecule has 0 radical (unpaired) electrons. The third kappa shape index (κ3) is 3.71. The highest BCUT2D eigenvalue weighted by Crippen LogP contribution is 2.16. The summed E-state index contributed by atoms with van der Waals surface area (Å²) in [6, 6.07) is 3.18. The van der Waals surface area contributed by atoms with Crippen LogP contribution in [-0.4, -0.2) is 31.2 Å². The number of methoxy groups -OCH3 is 2. The molecule has 0 aliphatic heterocycles. The predicted octanol–water partition coefficient (Wildman–Crippen LogP) is 1.30. The van der Waals surface area contributed by atoms with Crippen molar-refractivity contribution in [2.24, 2.45) is 0 Å². The number of ether oxygens (including phenoxy) is 2. The van der Waals surface area contributed by atoms with Crippen LogP contribution in [0.5, 0.6) is 5.88 Å². The first-order valence-corrected chi connectivity index (χ1v) is 5.42. The number of esters is 1. The summed E-state index contributed by atoms with van der Waals surface area (Å²) >= 11 is 0. The zero-order chi connectivity index (χ0) is 12.8. The molecule has 0 saturated heterocycles. The Bertz CT molecular complexity index is 363. The van der Waals surface area contributed by atoms with Gasteiger partial charge in [0.15, 0.2) is 0 Å². The van der Waals surface area contributed by atoms with Crippen molar-refractivity contribution >= 4 is 5.97 Å². The number of pyridine rings is 1. The molecule has 5 nitrogen and oxygen atoms in total. The van der Waals surface area contributed by atoms with E-state index in [4.69, 9.17) is 9.47 Å². The van der Waals surface area contributed by atoms with Gasteiger partial charge < -0.3 is 9.47 Å². The molecule has 1 atom stereocenters. The van der Waals surface area contributed by atoms with Crippen LogP contribution in [0, 0.1) is 0 Å². The lowest BCUT2D eigenvalue weighted by molar-refractivity contribution is -0.143. The van der Waals surface area contributed by atoms with Gasteiger partial charge in [-0.05, 0) is 25.5 Å². The molecule has 0 aliphatic carbocycles. The third-order valence-electron chi connectivity index (χ3n) is 2.24. The van der Waals surface area contributed by atoms with Gasteiger partial charge in [0.05, 0.1) is 14.2 Å². The second kappa shape index (κ2) is 6.20. The van der Waals surface area contributed by atoms with Gasteiger partial charge in [0.1, 0.15) is 6.04 Å². The molecule has 1 heterocycles. The first kappa shape index (κ1) is 13.4. The number of carbonyl (C=O) groups excluding carboxylic acids is 1. The molecule has 1 rings (SSSR count). The van der Waals surface area contributed by atoms with Crippen LogP contribution < -0.4 is 10.1 Å². The van der Waals surface area contributed by atoms with E-state index in [1.165, 1.54) is 7.11 Å². The molecule has 94 valence electrons. The van der Waals surface area contributed by atoms with Crippen LogP contribution >= 0.6 is 0 Å². The molecule has 1 aromatic rings. The number of hydrogen-bond acceptors (Lipinski definition) is 5. The predicted molar refractivity (Wildman–Crippen MR) is 63.8 cm³/mol. The van der Waals surface area contributed by atoms with E-state index >= 15 is 0 Å². The Labute approximate surface area is 101 Å². The SMILES string of the molecule is COC(=O)C(NC(C)C)c1ccc(OC)nc1. The summed E-state index contributed by atoms with van der Waals surface area (Å²) in [5, 5.41) is 3.13. The average Bonchev–Trinajstić information content (AvgIpc) is 2.35. The zero-order valence-corrected chi connectivity index (χ0v) is 10.6. The Balaban J connectivity index is 2.91. The molecule has 1 aromatic heterocycles. The van der Waals surface area contributed by atoms with Gasteiger partial charge in [-0.3, -0.25) is 5.32 Å². The van der Waals surface area contributed by atoms with E-state index in [1.807, 2.05) is 13.8 Å². The number of carbonyl (C=O) groups is 1. The summed E-state index contributed by atoms with van der Waals surface area (Å²) in [5.41, 5.74) is 0.756. The van der Waals surface area contributed by atoms with Gasteiger partial charge in [-0.25, -0.2) is 9.78 Å². The van der Waals surface area contributed by atoms with Crippen molar-refractivity contribution in [1.82, 2.24) is 10.3 Å². The van der Waals surface area contributed by atoms with Gasteiger partial charge in [0.25, 0.3) is 0 Å². The summed E-state index contributed by atoms with van der Waals surface area (Å²) in [7, 11) is 2.92. The minimum atomic E-state index is -0.501. The largest absolute Gasteiger partial charge is 0.481 e. The monoisotopic (exact) mass is 238 g/mol. The highest BCUT2D eigenvalue weighted by molar-refractivity contribution is 5.77. The normalized spacial score (nSPS) is 12.3. The molecule has 0 spiro atoms. The lowest BCUT2D eigenvalue weighted by atomic mass is 10.1. The number of aromatic nitrogens is 1. The first-order chi connectivity index (χ1) is 8.08. The van der Waals surface area contributed by atoms with Crippen molar-refractivity contribution in [2.75, 3.05) is 14.2 Å². The smallest absolute Gasteiger partial charge is 0.327 e. The van der Waals surface area contributed by atoms with E-state index in [2.05, 4.69) is 10.3 Å². The quantitative estimate of drug-likeness (QED) is 0.783. The Kier molecular flexibility index (Phi) is 4.90. The Morgan fingerprint density at radius 3 is 2.47 bits per heavy atom. The Morgan fingerprint density at radius 2 is 2.06 bits per heavy atom. The highest BCUT2D eigenvalue weighted by atomic mass is 16.5. The second-order valence-corrected chi connectivity index (χ2v) is 3.91. The van der Waals surface area contributed by atoms with Gasteiger partial charge in [-0.15, -0.1) is 0 Å². The third-order valence-corrected chi connectivity index (χ3v) is 2.24. The molecular weight excluding hydrogens is 220 g/mol. The molecule has 0 amide bonds. The van der Waals surface area contributed by atoms with Crippen molar-refractivity contribution in [3.05, 3.63) is 23.9 Å². The van der Waals surface area contributed by atoms with Crippen molar-refractivity contribution in [3.8, 4) is 5.88 Å². The number of nitrogens with one attached hydrogen (secondary N) is 1. The average molecular weight is 238 g/mol. The fourth-order valence-corrected chi connectivity index (χ4v) is 1.43. The number of rotatable bonds is 5. The molecule has 1 unspecified atom stereocenters. The fraction of sp³-hybridized carbons (Fsp3) is 0.500. The van der Waals surface area contributed by atoms with Crippen LogP contribution in [0.15, 0.2) is 18.3 Å². The first-order valence-electron chi connectivity index (χ1n) is 5.42. The lowest BCUT2D eigenvalue weighted by Crippen LogP contribution is -2.34. The van der Waals surface area contributed by atoms with Crippen LogP contribution in [-0.2, 0) is 9.53 Å². The summed E-state index contributed by atoms with van der Waals surface area (Å²) in [6.45, 7) is 3.93. The van der Waals surface area contributed by atoms with E-state index in [1.54, 1.807) is 25.4 Å². The van der Waals surface area contributed by atoms with Crippen LogP contribution in [0.25, 0.3) is 0 Å². The summed E-state index contributed by atoms with van der Waals surface area (Å²) < 4.78 is 9.73. The van der Waals surface area contributed by atoms with Gasteiger partial charge in [0, 0.05) is 18.3 Å². The summed E-state index contributed by atoms with van der Waals surface area (Å²) in [6.07, 6.45) is 1.61. The van der Waals surface area contributed by atoms with Crippen molar-refractivity contribution in [3.63, 3.8) is 0 Å². The zero-order valence-electron chi connectivity index (χ0n) is 10.6. The highest BCUT2D eigenvalue weighted by Gasteiger charge is 2.22. The van der Waals surface area contributed by atoms with Crippen LogP contribution in [0.2, 0.25) is 0 Å². The minimum Gasteiger partial charge on any atom is -0.481 e. The maximum absolute atomic E-state index is 11.7. The number of nitrogens with zero attached hydrogens (tertiary/aromatic N) is 1. The summed E-state index contributed by atoms with van der Waals surface area (Å²) in [4.78, 5) is 15.7. The van der Waals surface area contributed by atoms with E-state index in [-0.39, 0.29) is 12.0 Å². The fourth-order valence-electron chi connectivity index (χ4n) is 1.43. The van der Waals surface area contributed by atoms with Gasteiger partial charge in [0.2, 0.25) is 5.88 Å². The molecule has 0 fully saturated rings. The Morgan fingerprint density at radius 1 is 1.35 bits per heavy atom. The molecule has 1 N–H and O–H groups in total. The van der Waals surface area contributed by atoms with Crippen LogP contribution in [0.3, 0.4) is 0 Å². The lowest BCUT2D eigenvalue weighted by Gasteiger charge is -2.19. The topological polar surface area (TPSA) is 60.5 Å². The van der Waals surface area contributed by atoms with Gasteiger partial charge in [-0.1, -0.05) is 0 Å². The van der Waals surface area contributed by atoms with Crippen molar-refractivity contribution < 1.29 is 14.3 Å². The standard InChI is InChI=1S/C12H18N2O3/c1-8(2)14-11(12(15)17-4)9-5-6-10(16-3)13-7-9/h5-8,11,14H,1-4H3. The van der Waals surface area contributed by atoms with E-state index in [9.17, 15) is 4.79 Å². The van der Waals surface area contributed by atoms with E-state index in [0.29, 0.717) is 5.88 Å². The van der Waals surface area contributed by atoms with Gasteiger partial charge >= 0.3 is 5.97 Å². The summed E-state index contributed by atoms with van der Waals surface area (Å²) in [5.74, 6) is 0.188. The molecule has 0 aliphatic rings. The molecule has 0 saturated carbocycles. The molecule has 0 bridgehead atoms. The molecule has 0 aromatic carbocycles. The van der Waals surface area contributed by atoms with Crippen LogP contribution in [0.4, 0.5) is 0 Å². The van der Waals surface area contributed by atoms with Crippen molar-refractivity contribution in [2.45, 2.75) is 25.9 Å². The van der Waals surface area contributed by atoms with E-state index in [0.717, 1.165) is 5.56 Å². The number of hydrogen-bond donors (Lipinski definition) is 1. The molecular formula is C12H18N2O3. The maximum Gasteiger partial charge on any atom is 0.327 e.